The van der Waals surface area contributed by atoms with E-state index in [0.29, 0.717) is 11.4 Å². The van der Waals surface area contributed by atoms with Gasteiger partial charge in [0.25, 0.3) is 0 Å². The van der Waals surface area contributed by atoms with Crippen molar-refractivity contribution in [3.63, 3.8) is 0 Å². The third kappa shape index (κ3) is 5.07. The highest BCUT2D eigenvalue weighted by atomic mass is 16.5. The van der Waals surface area contributed by atoms with Gasteiger partial charge < -0.3 is 10.1 Å². The molecule has 134 valence electrons. The quantitative estimate of drug-likeness (QED) is 0.782. The predicted octanol–water partition coefficient (Wildman–Crippen LogP) is 4.46. The minimum atomic E-state index is -0.443. The molecule has 1 amide bonds. The number of nitrogens with one attached hydrogen (secondary N) is 2. The van der Waals surface area contributed by atoms with Gasteiger partial charge in [-0.1, -0.05) is 43.3 Å². The smallest absolute Gasteiger partial charge is 0.246 e. The molecule has 0 fully saturated rings. The summed E-state index contributed by atoms with van der Waals surface area (Å²) in [5, 5.41) is 6.50. The zero-order chi connectivity index (χ0) is 18.4. The van der Waals surface area contributed by atoms with Crippen molar-refractivity contribution in [3.05, 3.63) is 59.7 Å². The van der Waals surface area contributed by atoms with Gasteiger partial charge in [-0.3, -0.25) is 10.1 Å². The SMILES string of the molecule is CCC(C)(C)N[C@@H](C(=O)Nc1cc(C)ccc1OC)c1ccccc1. The van der Waals surface area contributed by atoms with Crippen LogP contribution in [0.2, 0.25) is 0 Å². The second-order valence-electron chi connectivity index (χ2n) is 6.92. The van der Waals surface area contributed by atoms with Crippen LogP contribution in [0.5, 0.6) is 5.75 Å². The molecule has 4 nitrogen and oxygen atoms in total. The van der Waals surface area contributed by atoms with Gasteiger partial charge in [-0.2, -0.15) is 0 Å². The average Bonchev–Trinajstić information content (AvgIpc) is 2.60. The van der Waals surface area contributed by atoms with E-state index >= 15 is 0 Å². The number of benzene rings is 2. The summed E-state index contributed by atoms with van der Waals surface area (Å²) in [6.45, 7) is 8.30. The largest absolute Gasteiger partial charge is 0.495 e. The Morgan fingerprint density at radius 1 is 1.16 bits per heavy atom. The number of hydrogen-bond acceptors (Lipinski definition) is 3. The van der Waals surface area contributed by atoms with Gasteiger partial charge in [0.2, 0.25) is 5.91 Å². The summed E-state index contributed by atoms with van der Waals surface area (Å²) in [5.74, 6) is 0.553. The topological polar surface area (TPSA) is 50.4 Å². The Labute approximate surface area is 150 Å². The number of methoxy groups -OCH3 is 1. The number of anilines is 1. The standard InChI is InChI=1S/C21H28N2O2/c1-6-21(3,4)23-19(16-10-8-7-9-11-16)20(24)22-17-14-15(2)12-13-18(17)25-5/h7-14,19,23H,6H2,1-5H3,(H,22,24)/t19-/m1/s1. The summed E-state index contributed by atoms with van der Waals surface area (Å²) in [7, 11) is 1.60. The van der Waals surface area contributed by atoms with Gasteiger partial charge in [0.1, 0.15) is 11.8 Å². The fraction of sp³-hybridized carbons (Fsp3) is 0.381. The van der Waals surface area contributed by atoms with Crippen LogP contribution in [0.4, 0.5) is 5.69 Å². The van der Waals surface area contributed by atoms with Crippen molar-refractivity contribution >= 4 is 11.6 Å². The molecule has 4 heteroatoms. The van der Waals surface area contributed by atoms with Crippen LogP contribution in [0.1, 0.15) is 44.4 Å². The van der Waals surface area contributed by atoms with E-state index in [1.807, 2.05) is 55.5 Å². The molecule has 0 spiro atoms. The van der Waals surface area contributed by atoms with Crippen LogP contribution >= 0.6 is 0 Å². The van der Waals surface area contributed by atoms with Crippen molar-refractivity contribution in [1.29, 1.82) is 0 Å². The Morgan fingerprint density at radius 3 is 2.44 bits per heavy atom. The molecule has 25 heavy (non-hydrogen) atoms. The van der Waals surface area contributed by atoms with E-state index in [2.05, 4.69) is 31.4 Å². The summed E-state index contributed by atoms with van der Waals surface area (Å²) in [6, 6.07) is 15.1. The lowest BCUT2D eigenvalue weighted by Gasteiger charge is -2.31. The molecule has 0 radical (unpaired) electrons. The van der Waals surface area contributed by atoms with Crippen molar-refractivity contribution in [2.75, 3.05) is 12.4 Å². The molecule has 0 aliphatic rings. The number of ether oxygens (including phenoxy) is 1. The molecule has 0 aliphatic heterocycles. The molecule has 2 N–H and O–H groups in total. The molecular weight excluding hydrogens is 312 g/mol. The first-order chi connectivity index (χ1) is 11.9. The van der Waals surface area contributed by atoms with Crippen molar-refractivity contribution in [3.8, 4) is 5.75 Å². The Morgan fingerprint density at radius 2 is 1.84 bits per heavy atom. The number of carbonyl (C=O) groups excluding carboxylic acids is 1. The molecule has 0 bridgehead atoms. The molecule has 0 unspecified atom stereocenters. The van der Waals surface area contributed by atoms with Crippen LogP contribution in [-0.2, 0) is 4.79 Å². The van der Waals surface area contributed by atoms with Gasteiger partial charge in [0.05, 0.1) is 12.8 Å². The minimum Gasteiger partial charge on any atom is -0.495 e. The Kier molecular flexibility index (Phi) is 6.21. The molecule has 1 atom stereocenters. The molecule has 0 saturated heterocycles. The monoisotopic (exact) mass is 340 g/mol. The van der Waals surface area contributed by atoms with Crippen LogP contribution in [0.15, 0.2) is 48.5 Å². The van der Waals surface area contributed by atoms with Gasteiger partial charge in [0.15, 0.2) is 0 Å². The second kappa shape index (κ2) is 8.17. The van der Waals surface area contributed by atoms with Crippen molar-refractivity contribution in [2.24, 2.45) is 0 Å². The van der Waals surface area contributed by atoms with Crippen LogP contribution in [0.25, 0.3) is 0 Å². The van der Waals surface area contributed by atoms with Crippen molar-refractivity contribution in [2.45, 2.75) is 45.7 Å². The van der Waals surface area contributed by atoms with E-state index in [-0.39, 0.29) is 11.4 Å². The predicted molar refractivity (Wildman–Crippen MR) is 103 cm³/mol. The lowest BCUT2D eigenvalue weighted by Crippen LogP contribution is -2.45. The van der Waals surface area contributed by atoms with E-state index in [1.165, 1.54) is 0 Å². The van der Waals surface area contributed by atoms with Crippen molar-refractivity contribution < 1.29 is 9.53 Å². The highest BCUT2D eigenvalue weighted by Crippen LogP contribution is 2.27. The Hall–Kier alpha value is -2.33. The van der Waals surface area contributed by atoms with E-state index in [9.17, 15) is 4.79 Å². The fourth-order valence-electron chi connectivity index (χ4n) is 2.56. The summed E-state index contributed by atoms with van der Waals surface area (Å²) in [5.41, 5.74) is 2.53. The minimum absolute atomic E-state index is 0.100. The molecule has 2 aromatic carbocycles. The maximum Gasteiger partial charge on any atom is 0.246 e. The summed E-state index contributed by atoms with van der Waals surface area (Å²) in [6.07, 6.45) is 0.914. The van der Waals surface area contributed by atoms with Crippen LogP contribution < -0.4 is 15.4 Å². The van der Waals surface area contributed by atoms with Crippen molar-refractivity contribution in [1.82, 2.24) is 5.32 Å². The number of carbonyl (C=O) groups is 1. The van der Waals surface area contributed by atoms with E-state index in [1.54, 1.807) is 7.11 Å². The molecule has 2 rings (SSSR count). The zero-order valence-corrected chi connectivity index (χ0v) is 15.7. The summed E-state index contributed by atoms with van der Waals surface area (Å²) in [4.78, 5) is 13.1. The third-order valence-electron chi connectivity index (χ3n) is 4.43. The summed E-state index contributed by atoms with van der Waals surface area (Å²) < 4.78 is 5.37. The van der Waals surface area contributed by atoms with Crippen LogP contribution in [0, 0.1) is 6.92 Å². The number of amides is 1. The number of aryl methyl sites for hydroxylation is 1. The molecule has 0 aliphatic carbocycles. The molecule has 0 heterocycles. The van der Waals surface area contributed by atoms with Gasteiger partial charge in [0, 0.05) is 5.54 Å². The Bertz CT molecular complexity index is 711. The lowest BCUT2D eigenvalue weighted by molar-refractivity contribution is -0.118. The maximum absolute atomic E-state index is 13.1. The lowest BCUT2D eigenvalue weighted by atomic mass is 9.97. The molecule has 0 saturated carbocycles. The average molecular weight is 340 g/mol. The van der Waals surface area contributed by atoms with Crippen LogP contribution in [-0.4, -0.2) is 18.6 Å². The van der Waals surface area contributed by atoms with E-state index < -0.39 is 6.04 Å². The molecular formula is C21H28N2O2. The van der Waals surface area contributed by atoms with E-state index in [4.69, 9.17) is 4.74 Å². The maximum atomic E-state index is 13.1. The first-order valence-corrected chi connectivity index (χ1v) is 8.64. The normalized spacial score (nSPS) is 12.5. The van der Waals surface area contributed by atoms with Gasteiger partial charge in [-0.05, 0) is 50.5 Å². The number of rotatable bonds is 7. The molecule has 2 aromatic rings. The zero-order valence-electron chi connectivity index (χ0n) is 15.7. The van der Waals surface area contributed by atoms with Crippen LogP contribution in [0.3, 0.4) is 0 Å². The second-order valence-corrected chi connectivity index (χ2v) is 6.92. The highest BCUT2D eigenvalue weighted by molar-refractivity contribution is 5.97. The first-order valence-electron chi connectivity index (χ1n) is 8.64. The van der Waals surface area contributed by atoms with Gasteiger partial charge in [-0.25, -0.2) is 0 Å². The Balaban J connectivity index is 2.31. The number of hydrogen-bond donors (Lipinski definition) is 2. The van der Waals surface area contributed by atoms with Gasteiger partial charge in [-0.15, -0.1) is 0 Å². The highest BCUT2D eigenvalue weighted by Gasteiger charge is 2.27. The fourth-order valence-corrected chi connectivity index (χ4v) is 2.56. The van der Waals surface area contributed by atoms with Gasteiger partial charge >= 0.3 is 0 Å². The summed E-state index contributed by atoms with van der Waals surface area (Å²) >= 11 is 0. The molecule has 0 aromatic heterocycles. The first kappa shape index (κ1) is 19.0. The van der Waals surface area contributed by atoms with E-state index in [0.717, 1.165) is 17.5 Å². The third-order valence-corrected chi connectivity index (χ3v) is 4.43.